The van der Waals surface area contributed by atoms with Gasteiger partial charge in [-0.15, -0.1) is 0 Å². The average molecular weight is 471 g/mol. The molecule has 2 fully saturated rings. The van der Waals surface area contributed by atoms with Crippen LogP contribution in [0, 0.1) is 35.5 Å². The lowest BCUT2D eigenvalue weighted by Crippen LogP contribution is -2.54. The molecular weight excluding hydrogens is 428 g/mol. The number of carbonyl (C=O) groups excluding carboxylic acids is 1. The summed E-state index contributed by atoms with van der Waals surface area (Å²) >= 11 is 0. The van der Waals surface area contributed by atoms with E-state index in [9.17, 15) is 19.8 Å². The number of phenols is 1. The molecule has 5 atom stereocenters. The number of hydrogen-bond acceptors (Lipinski definition) is 4. The molecule has 3 rings (SSSR count). The van der Waals surface area contributed by atoms with E-state index in [2.05, 4.69) is 34.6 Å². The Morgan fingerprint density at radius 1 is 1.15 bits per heavy atom. The smallest absolute Gasteiger partial charge is 0.308 e. The van der Waals surface area contributed by atoms with Crippen LogP contribution in [0.4, 0.5) is 0 Å². The van der Waals surface area contributed by atoms with Crippen LogP contribution < -0.4 is 4.74 Å². The summed E-state index contributed by atoms with van der Waals surface area (Å²) in [5.74, 6) is 0.778. The first-order chi connectivity index (χ1) is 15.8. The van der Waals surface area contributed by atoms with Gasteiger partial charge in [0.05, 0.1) is 0 Å². The summed E-state index contributed by atoms with van der Waals surface area (Å²) in [5.41, 5.74) is 4.26. The van der Waals surface area contributed by atoms with Gasteiger partial charge >= 0.3 is 11.9 Å². The van der Waals surface area contributed by atoms with Crippen LogP contribution in [0.5, 0.6) is 11.5 Å². The van der Waals surface area contributed by atoms with Crippen molar-refractivity contribution in [1.82, 2.24) is 0 Å². The summed E-state index contributed by atoms with van der Waals surface area (Å²) in [6.45, 7) is 14.6. The summed E-state index contributed by atoms with van der Waals surface area (Å²) in [5, 5.41) is 20.4. The average Bonchev–Trinajstić information content (AvgIpc) is 2.72. The Bertz CT molecular complexity index is 988. The highest BCUT2D eigenvalue weighted by molar-refractivity contribution is 5.69. The summed E-state index contributed by atoms with van der Waals surface area (Å²) in [7, 11) is 0. The summed E-state index contributed by atoms with van der Waals surface area (Å²) in [4.78, 5) is 23.1. The number of aromatic hydroxyl groups is 1. The minimum Gasteiger partial charge on any atom is -0.507 e. The second-order valence-electron chi connectivity index (χ2n) is 11.6. The third-order valence-corrected chi connectivity index (χ3v) is 9.23. The molecule has 0 radical (unpaired) electrons. The molecule has 1 aromatic rings. The van der Waals surface area contributed by atoms with Gasteiger partial charge in [0.1, 0.15) is 11.5 Å². The highest BCUT2D eigenvalue weighted by atomic mass is 16.5. The number of aliphatic carboxylic acids is 1. The van der Waals surface area contributed by atoms with Crippen molar-refractivity contribution in [3.63, 3.8) is 0 Å². The first kappa shape index (κ1) is 26.3. The van der Waals surface area contributed by atoms with Crippen molar-refractivity contribution < 1.29 is 24.5 Å². The van der Waals surface area contributed by atoms with Crippen molar-refractivity contribution in [3.8, 4) is 11.5 Å². The molecule has 0 bridgehead atoms. The van der Waals surface area contributed by atoms with Crippen molar-refractivity contribution in [2.75, 3.05) is 0 Å². The lowest BCUT2D eigenvalue weighted by atomic mass is 9.43. The van der Waals surface area contributed by atoms with Gasteiger partial charge in [-0.2, -0.15) is 0 Å². The van der Waals surface area contributed by atoms with Gasteiger partial charge in [-0.3, -0.25) is 9.59 Å². The quantitative estimate of drug-likeness (QED) is 0.270. The second kappa shape index (κ2) is 9.75. The maximum absolute atomic E-state index is 11.6. The molecule has 2 saturated carbocycles. The van der Waals surface area contributed by atoms with E-state index in [-0.39, 0.29) is 34.9 Å². The number of carbonyl (C=O) groups is 2. The van der Waals surface area contributed by atoms with Crippen LogP contribution >= 0.6 is 0 Å². The van der Waals surface area contributed by atoms with E-state index in [0.29, 0.717) is 36.0 Å². The molecule has 2 aliphatic rings. The highest BCUT2D eigenvalue weighted by Crippen LogP contribution is 2.65. The van der Waals surface area contributed by atoms with Crippen molar-refractivity contribution in [3.05, 3.63) is 34.4 Å². The van der Waals surface area contributed by atoms with Gasteiger partial charge in [-0.05, 0) is 111 Å². The van der Waals surface area contributed by atoms with E-state index in [1.54, 1.807) is 6.07 Å². The minimum absolute atomic E-state index is 0.0136. The molecular formula is C29H42O5. The molecule has 0 unspecified atom stereocenters. The Balaban J connectivity index is 2.04. The largest absolute Gasteiger partial charge is 0.507 e. The maximum Gasteiger partial charge on any atom is 0.308 e. The first-order valence-electron chi connectivity index (χ1n) is 12.7. The number of esters is 1. The van der Waals surface area contributed by atoms with Crippen molar-refractivity contribution in [2.45, 2.75) is 93.4 Å². The number of carboxylic acids is 1. The fourth-order valence-electron chi connectivity index (χ4n) is 7.33. The topological polar surface area (TPSA) is 83.8 Å². The highest BCUT2D eigenvalue weighted by Gasteiger charge is 2.57. The van der Waals surface area contributed by atoms with E-state index in [4.69, 9.17) is 4.74 Å². The zero-order valence-corrected chi connectivity index (χ0v) is 22.0. The predicted octanol–water partition coefficient (Wildman–Crippen LogP) is 6.84. The van der Waals surface area contributed by atoms with E-state index >= 15 is 0 Å². The third kappa shape index (κ3) is 4.89. The van der Waals surface area contributed by atoms with Gasteiger partial charge in [-0.1, -0.05) is 31.9 Å². The molecule has 5 heteroatoms. The van der Waals surface area contributed by atoms with Crippen LogP contribution in [-0.4, -0.2) is 22.2 Å². The zero-order valence-electron chi connectivity index (χ0n) is 22.0. The number of carboxylic acid groups (broad SMARTS) is 1. The third-order valence-electron chi connectivity index (χ3n) is 9.23. The summed E-state index contributed by atoms with van der Waals surface area (Å²) < 4.78 is 5.37. The van der Waals surface area contributed by atoms with Gasteiger partial charge in [0.2, 0.25) is 0 Å². The number of benzene rings is 1. The summed E-state index contributed by atoms with van der Waals surface area (Å²) in [6.07, 6.45) is 5.82. The molecule has 0 spiro atoms. The lowest BCUT2D eigenvalue weighted by Gasteiger charge is -2.61. The molecule has 2 N–H and O–H groups in total. The van der Waals surface area contributed by atoms with Crippen LogP contribution in [0.25, 0.3) is 0 Å². The SMILES string of the molecule is CC(=O)Oc1cc(C)c(O)c(C[C@]2(C)[C@H]3CCC(=C(C)C)[C@@H](CCC(=O)O)[C@]3(C)CC[C@@H]2C)c1. The summed E-state index contributed by atoms with van der Waals surface area (Å²) in [6, 6.07) is 3.53. The lowest BCUT2D eigenvalue weighted by molar-refractivity contribution is -0.138. The molecule has 0 saturated heterocycles. The van der Waals surface area contributed by atoms with E-state index in [1.807, 2.05) is 13.0 Å². The van der Waals surface area contributed by atoms with Crippen LogP contribution in [0.3, 0.4) is 0 Å². The molecule has 1 aromatic carbocycles. The fourth-order valence-corrected chi connectivity index (χ4v) is 7.33. The van der Waals surface area contributed by atoms with E-state index in [0.717, 1.165) is 31.2 Å². The number of phenolic OH excluding ortho intramolecular Hbond substituents is 1. The normalized spacial score (nSPS) is 31.0. The van der Waals surface area contributed by atoms with Crippen LogP contribution in [-0.2, 0) is 16.0 Å². The molecule has 0 aromatic heterocycles. The van der Waals surface area contributed by atoms with E-state index in [1.165, 1.54) is 18.1 Å². The number of allylic oxidation sites excluding steroid dienone is 2. The predicted molar refractivity (Wildman–Crippen MR) is 134 cm³/mol. The van der Waals surface area contributed by atoms with Gasteiger partial charge < -0.3 is 14.9 Å². The zero-order chi connectivity index (χ0) is 25.4. The second-order valence-corrected chi connectivity index (χ2v) is 11.6. The van der Waals surface area contributed by atoms with E-state index < -0.39 is 5.97 Å². The number of aryl methyl sites for hydroxylation is 1. The molecule has 0 amide bonds. The van der Waals surface area contributed by atoms with Gasteiger partial charge in [0.15, 0.2) is 0 Å². The van der Waals surface area contributed by atoms with Gasteiger partial charge in [-0.25, -0.2) is 0 Å². The Labute approximate surface area is 204 Å². The Kier molecular flexibility index (Phi) is 7.54. The maximum atomic E-state index is 11.6. The number of rotatable bonds is 6. The number of hydrogen-bond donors (Lipinski definition) is 2. The molecule has 188 valence electrons. The Hall–Kier alpha value is -2.30. The Morgan fingerprint density at radius 3 is 2.41 bits per heavy atom. The molecule has 2 aliphatic carbocycles. The van der Waals surface area contributed by atoms with Gasteiger partial charge in [0.25, 0.3) is 0 Å². The van der Waals surface area contributed by atoms with Gasteiger partial charge in [0, 0.05) is 13.3 Å². The monoisotopic (exact) mass is 470 g/mol. The first-order valence-corrected chi connectivity index (χ1v) is 12.7. The van der Waals surface area contributed by atoms with Crippen LogP contribution in [0.1, 0.15) is 91.2 Å². The van der Waals surface area contributed by atoms with Crippen molar-refractivity contribution in [2.24, 2.45) is 28.6 Å². The number of ether oxygens (including phenoxy) is 1. The minimum atomic E-state index is -0.728. The van der Waals surface area contributed by atoms with Crippen LogP contribution in [0.15, 0.2) is 23.3 Å². The van der Waals surface area contributed by atoms with Crippen molar-refractivity contribution >= 4 is 11.9 Å². The molecule has 34 heavy (non-hydrogen) atoms. The molecule has 0 aliphatic heterocycles. The molecule has 5 nitrogen and oxygen atoms in total. The van der Waals surface area contributed by atoms with Crippen molar-refractivity contribution in [1.29, 1.82) is 0 Å². The number of fused-ring (bicyclic) bond motifs is 1. The van der Waals surface area contributed by atoms with Crippen LogP contribution in [0.2, 0.25) is 0 Å². The Morgan fingerprint density at radius 2 is 1.82 bits per heavy atom. The molecule has 0 heterocycles. The fraction of sp³-hybridized carbons (Fsp3) is 0.655. The standard InChI is InChI=1S/C29H42O5/c1-17(2)23-8-10-25-28(6,24(23)9-11-26(31)32)13-12-19(4)29(25,7)16-21-15-22(34-20(5)30)14-18(3)27(21)33/h14-15,19,24-25,33H,8-13,16H2,1-7H3,(H,31,32)/t19-,24+,25-,28-,29-/m0/s1.